The smallest absolute Gasteiger partial charge is 0.206 e. The molecule has 0 spiro atoms. The molecule has 4 rings (SSSR count). The zero-order valence-corrected chi connectivity index (χ0v) is 17.0. The van der Waals surface area contributed by atoms with E-state index in [1.165, 1.54) is 0 Å². The van der Waals surface area contributed by atoms with Gasteiger partial charge in [0.1, 0.15) is 17.6 Å². The summed E-state index contributed by atoms with van der Waals surface area (Å²) in [5, 5.41) is 11.9. The lowest BCUT2D eigenvalue weighted by molar-refractivity contribution is 0.176. The molecule has 2 aromatic carbocycles. The normalized spacial score (nSPS) is 20.2. The Labute approximate surface area is 171 Å². The highest BCUT2D eigenvalue weighted by Crippen LogP contribution is 2.42. The van der Waals surface area contributed by atoms with E-state index in [4.69, 9.17) is 14.7 Å². The zero-order valence-electron chi connectivity index (χ0n) is 16.1. The first kappa shape index (κ1) is 19.7. The summed E-state index contributed by atoms with van der Waals surface area (Å²) >= 11 is 0. The monoisotopic (exact) mass is 412 g/mol. The van der Waals surface area contributed by atoms with Crippen molar-refractivity contribution in [3.63, 3.8) is 0 Å². The maximum atomic E-state index is 13.2. The van der Waals surface area contributed by atoms with Crippen molar-refractivity contribution in [2.24, 2.45) is 0 Å². The van der Waals surface area contributed by atoms with E-state index in [0.717, 1.165) is 37.9 Å². The molecule has 2 atom stereocenters. The van der Waals surface area contributed by atoms with Crippen LogP contribution in [0.5, 0.6) is 11.5 Å². The van der Waals surface area contributed by atoms with E-state index < -0.39 is 9.84 Å². The number of fused-ring (bicyclic) bond motifs is 3. The van der Waals surface area contributed by atoms with Crippen LogP contribution in [0.4, 0.5) is 0 Å². The predicted octanol–water partition coefficient (Wildman–Crippen LogP) is 3.43. The topological polar surface area (TPSA) is 88.4 Å². The van der Waals surface area contributed by atoms with Gasteiger partial charge < -0.3 is 14.8 Å². The molecular formula is C22H24N2O4S. The summed E-state index contributed by atoms with van der Waals surface area (Å²) in [6.45, 7) is 2.19. The van der Waals surface area contributed by atoms with Crippen LogP contribution in [0.1, 0.15) is 37.2 Å². The van der Waals surface area contributed by atoms with Crippen LogP contribution >= 0.6 is 0 Å². The lowest BCUT2D eigenvalue weighted by Gasteiger charge is -2.24. The molecule has 2 unspecified atom stereocenters. The van der Waals surface area contributed by atoms with Gasteiger partial charge >= 0.3 is 0 Å². The minimum Gasteiger partial charge on any atom is -0.494 e. The standard InChI is InChI=1S/C22H24N2O4S/c23-10-2-1-3-12-27-16-5-4-6-17(13-16)29(25,26)18-7-8-19-20-9-11-24-15-22(20)28-21(19)14-18/h4-8,13-14,20,22,24H,1-3,9,11-12,15H2. The summed E-state index contributed by atoms with van der Waals surface area (Å²) in [5.41, 5.74) is 1.10. The molecule has 0 radical (unpaired) electrons. The summed E-state index contributed by atoms with van der Waals surface area (Å²) in [6.07, 6.45) is 3.09. The number of nitriles is 1. The van der Waals surface area contributed by atoms with Crippen LogP contribution in [-0.4, -0.2) is 34.2 Å². The molecule has 0 amide bonds. The number of unbranched alkanes of at least 4 members (excludes halogenated alkanes) is 2. The van der Waals surface area contributed by atoms with Crippen LogP contribution in [0.2, 0.25) is 0 Å². The fourth-order valence-electron chi connectivity index (χ4n) is 3.93. The second-order valence-electron chi connectivity index (χ2n) is 7.40. The molecule has 2 heterocycles. The van der Waals surface area contributed by atoms with Gasteiger partial charge in [0.25, 0.3) is 0 Å². The van der Waals surface area contributed by atoms with Crippen molar-refractivity contribution in [3.05, 3.63) is 48.0 Å². The number of nitrogens with one attached hydrogen (secondary N) is 1. The third kappa shape index (κ3) is 4.09. The van der Waals surface area contributed by atoms with E-state index in [0.29, 0.717) is 30.4 Å². The third-order valence-electron chi connectivity index (χ3n) is 5.47. The number of hydrogen-bond acceptors (Lipinski definition) is 6. The molecule has 1 fully saturated rings. The number of nitrogens with zero attached hydrogens (tertiary/aromatic N) is 1. The lowest BCUT2D eigenvalue weighted by Crippen LogP contribution is -2.39. The van der Waals surface area contributed by atoms with E-state index in [-0.39, 0.29) is 15.9 Å². The Hall–Kier alpha value is -2.56. The van der Waals surface area contributed by atoms with Gasteiger partial charge in [-0.3, -0.25) is 0 Å². The highest BCUT2D eigenvalue weighted by atomic mass is 32.2. The molecule has 7 heteroatoms. The zero-order chi connectivity index (χ0) is 20.3. The summed E-state index contributed by atoms with van der Waals surface area (Å²) in [4.78, 5) is 0.429. The van der Waals surface area contributed by atoms with E-state index in [9.17, 15) is 8.42 Å². The molecule has 2 aliphatic heterocycles. The van der Waals surface area contributed by atoms with Crippen molar-refractivity contribution in [2.75, 3.05) is 19.7 Å². The largest absolute Gasteiger partial charge is 0.494 e. The first-order valence-electron chi connectivity index (χ1n) is 9.96. The predicted molar refractivity (Wildman–Crippen MR) is 108 cm³/mol. The van der Waals surface area contributed by atoms with Crippen LogP contribution in [0.3, 0.4) is 0 Å². The third-order valence-corrected chi connectivity index (χ3v) is 7.22. The quantitative estimate of drug-likeness (QED) is 0.701. The number of ether oxygens (including phenoxy) is 2. The number of hydrogen-bond donors (Lipinski definition) is 1. The number of piperidine rings is 1. The molecule has 29 heavy (non-hydrogen) atoms. The van der Waals surface area contributed by atoms with Gasteiger partial charge in [-0.1, -0.05) is 12.1 Å². The van der Waals surface area contributed by atoms with Crippen LogP contribution in [0, 0.1) is 11.3 Å². The highest BCUT2D eigenvalue weighted by Gasteiger charge is 2.36. The van der Waals surface area contributed by atoms with Gasteiger partial charge in [-0.25, -0.2) is 8.42 Å². The fourth-order valence-corrected chi connectivity index (χ4v) is 5.24. The van der Waals surface area contributed by atoms with Crippen LogP contribution < -0.4 is 14.8 Å². The molecule has 0 aliphatic carbocycles. The van der Waals surface area contributed by atoms with E-state index in [1.807, 2.05) is 6.07 Å². The molecule has 2 aromatic rings. The van der Waals surface area contributed by atoms with E-state index in [1.54, 1.807) is 36.4 Å². The van der Waals surface area contributed by atoms with Crippen molar-refractivity contribution in [3.8, 4) is 17.6 Å². The van der Waals surface area contributed by atoms with Gasteiger partial charge in [0.15, 0.2) is 0 Å². The van der Waals surface area contributed by atoms with Gasteiger partial charge in [-0.05, 0) is 56.1 Å². The van der Waals surface area contributed by atoms with E-state index >= 15 is 0 Å². The molecule has 0 aromatic heterocycles. The average molecular weight is 413 g/mol. The Balaban J connectivity index is 1.52. The first-order chi connectivity index (χ1) is 14.1. The summed E-state index contributed by atoms with van der Waals surface area (Å²) in [5.74, 6) is 1.52. The Morgan fingerprint density at radius 1 is 1.17 bits per heavy atom. The summed E-state index contributed by atoms with van der Waals surface area (Å²) < 4.78 is 38.0. The van der Waals surface area contributed by atoms with Gasteiger partial charge in [0.2, 0.25) is 9.84 Å². The molecule has 152 valence electrons. The minimum atomic E-state index is -3.67. The van der Waals surface area contributed by atoms with Crippen molar-refractivity contribution in [2.45, 2.75) is 47.5 Å². The maximum absolute atomic E-state index is 13.2. The Morgan fingerprint density at radius 2 is 2.03 bits per heavy atom. The fraction of sp³-hybridized carbons (Fsp3) is 0.409. The molecule has 2 aliphatic rings. The Bertz CT molecular complexity index is 1030. The van der Waals surface area contributed by atoms with Crippen molar-refractivity contribution in [1.82, 2.24) is 5.32 Å². The average Bonchev–Trinajstić information content (AvgIpc) is 3.12. The minimum absolute atomic E-state index is 0.0782. The van der Waals surface area contributed by atoms with Gasteiger partial charge in [-0.2, -0.15) is 5.26 Å². The lowest BCUT2D eigenvalue weighted by atomic mass is 9.90. The first-order valence-corrected chi connectivity index (χ1v) is 11.4. The number of rotatable bonds is 7. The second kappa shape index (κ2) is 8.44. The Kier molecular flexibility index (Phi) is 5.74. The number of benzene rings is 2. The molecule has 6 nitrogen and oxygen atoms in total. The van der Waals surface area contributed by atoms with Crippen molar-refractivity contribution < 1.29 is 17.9 Å². The SMILES string of the molecule is N#CCCCCOc1cccc(S(=O)(=O)c2ccc3c(c2)OC2CNCCC32)c1. The Morgan fingerprint density at radius 3 is 2.90 bits per heavy atom. The van der Waals surface area contributed by atoms with E-state index in [2.05, 4.69) is 11.4 Å². The number of sulfone groups is 1. The maximum Gasteiger partial charge on any atom is 0.206 e. The van der Waals surface area contributed by atoms with Crippen molar-refractivity contribution in [1.29, 1.82) is 5.26 Å². The molecule has 1 N–H and O–H groups in total. The summed E-state index contributed by atoms with van der Waals surface area (Å²) in [6, 6.07) is 13.9. The highest BCUT2D eigenvalue weighted by molar-refractivity contribution is 7.91. The van der Waals surface area contributed by atoms with Gasteiger partial charge in [0.05, 0.1) is 22.5 Å². The van der Waals surface area contributed by atoms with Gasteiger partial charge in [0, 0.05) is 24.4 Å². The van der Waals surface area contributed by atoms with Crippen LogP contribution in [0.15, 0.2) is 52.3 Å². The van der Waals surface area contributed by atoms with Crippen LogP contribution in [0.25, 0.3) is 0 Å². The molecule has 0 saturated carbocycles. The van der Waals surface area contributed by atoms with Crippen molar-refractivity contribution >= 4 is 9.84 Å². The summed E-state index contributed by atoms with van der Waals surface area (Å²) in [7, 11) is -3.67. The molecular weight excluding hydrogens is 388 g/mol. The second-order valence-corrected chi connectivity index (χ2v) is 9.35. The molecule has 0 bridgehead atoms. The van der Waals surface area contributed by atoms with Gasteiger partial charge in [-0.15, -0.1) is 0 Å². The van der Waals surface area contributed by atoms with Crippen LogP contribution in [-0.2, 0) is 9.84 Å². The molecule has 1 saturated heterocycles.